The minimum Gasteiger partial charge on any atom is -0.302 e. The second-order valence-electron chi connectivity index (χ2n) is 12.2. The van der Waals surface area contributed by atoms with Gasteiger partial charge in [-0.3, -0.25) is 0 Å². The summed E-state index contributed by atoms with van der Waals surface area (Å²) in [4.78, 5) is 5.19. The number of nitrogens with one attached hydrogen (secondary N) is 1. The minimum absolute atomic E-state index is 0.163. The van der Waals surface area contributed by atoms with E-state index in [1.165, 1.54) is 54.8 Å². The van der Waals surface area contributed by atoms with Gasteiger partial charge >= 0.3 is 0 Å². The Morgan fingerprint density at radius 1 is 0.786 bits per heavy atom. The highest BCUT2D eigenvalue weighted by Gasteiger charge is 2.46. The molecular formula is C39H31N3. The Labute approximate surface area is 245 Å². The number of nitrogens with zero attached hydrogens (tertiary/aromatic N) is 2. The van der Waals surface area contributed by atoms with E-state index in [2.05, 4.69) is 150 Å². The van der Waals surface area contributed by atoms with Crippen LogP contribution in [0.5, 0.6) is 0 Å². The summed E-state index contributed by atoms with van der Waals surface area (Å²) in [5.41, 5.74) is 5.91. The van der Waals surface area contributed by atoms with Gasteiger partial charge in [-0.2, -0.15) is 0 Å². The Balaban J connectivity index is 1.11. The van der Waals surface area contributed by atoms with Crippen LogP contribution in [0.4, 0.5) is 0 Å². The number of rotatable bonds is 2. The first kappa shape index (κ1) is 23.9. The molecule has 42 heavy (non-hydrogen) atoms. The van der Waals surface area contributed by atoms with Gasteiger partial charge in [-0.15, -0.1) is 0 Å². The fourth-order valence-corrected chi connectivity index (χ4v) is 7.68. The lowest BCUT2D eigenvalue weighted by molar-refractivity contribution is 0.292. The van der Waals surface area contributed by atoms with E-state index in [9.17, 15) is 0 Å². The van der Waals surface area contributed by atoms with Gasteiger partial charge in [0, 0.05) is 23.6 Å². The molecule has 0 spiro atoms. The van der Waals surface area contributed by atoms with Gasteiger partial charge in [-0.1, -0.05) is 109 Å². The van der Waals surface area contributed by atoms with E-state index in [4.69, 9.17) is 4.98 Å². The zero-order valence-corrected chi connectivity index (χ0v) is 23.5. The number of hydrogen-bond donors (Lipinski definition) is 1. The lowest BCUT2D eigenvalue weighted by Gasteiger charge is -2.44. The molecule has 3 unspecified atom stereocenters. The molecule has 3 nitrogen and oxygen atoms in total. The number of pyridine rings is 1. The topological polar surface area (TPSA) is 29.3 Å². The average molecular weight is 542 g/mol. The van der Waals surface area contributed by atoms with E-state index in [-0.39, 0.29) is 17.5 Å². The molecule has 0 radical (unpaired) electrons. The van der Waals surface area contributed by atoms with Gasteiger partial charge in [0.2, 0.25) is 0 Å². The van der Waals surface area contributed by atoms with Gasteiger partial charge in [-0.05, 0) is 75.0 Å². The van der Waals surface area contributed by atoms with Crippen molar-refractivity contribution in [2.45, 2.75) is 30.8 Å². The standard InChI is InChI=1S/C39H31N3/c1-39-22-8-6-14-34(39)40-36(37-38(39)41-35-15-7-9-23-42(35)37)26-18-16-25(17-19-26)27-20-21-32-30-12-3-2-10-28(30)29-11-4-5-13-31(29)33(32)24-27/h2-18,20-24,26,34,36,40H,19H2,1H3/t26?,34?,36?,39-/m1/s1. The van der Waals surface area contributed by atoms with Crippen molar-refractivity contribution < 1.29 is 0 Å². The van der Waals surface area contributed by atoms with Crippen LogP contribution in [0.2, 0.25) is 0 Å². The van der Waals surface area contributed by atoms with Crippen LogP contribution >= 0.6 is 0 Å². The number of hydrogen-bond acceptors (Lipinski definition) is 2. The molecule has 6 aromatic rings. The maximum atomic E-state index is 5.19. The van der Waals surface area contributed by atoms with E-state index in [0.29, 0.717) is 5.92 Å². The molecule has 1 aliphatic heterocycles. The average Bonchev–Trinajstić information content (AvgIpc) is 3.46. The molecule has 0 saturated carbocycles. The predicted molar refractivity (Wildman–Crippen MR) is 175 cm³/mol. The first-order chi connectivity index (χ1) is 20.7. The normalized spacial score (nSPS) is 24.8. The maximum absolute atomic E-state index is 5.19. The predicted octanol–water partition coefficient (Wildman–Crippen LogP) is 8.85. The van der Waals surface area contributed by atoms with Crippen molar-refractivity contribution in [2.24, 2.45) is 5.92 Å². The molecule has 0 fully saturated rings. The Morgan fingerprint density at radius 2 is 1.50 bits per heavy atom. The van der Waals surface area contributed by atoms with E-state index >= 15 is 0 Å². The second kappa shape index (κ2) is 8.88. The highest BCUT2D eigenvalue weighted by Crippen LogP contribution is 2.46. The van der Waals surface area contributed by atoms with Crippen LogP contribution in [0.15, 0.2) is 134 Å². The number of fused-ring (bicyclic) bond motifs is 11. The van der Waals surface area contributed by atoms with Gasteiger partial charge < -0.3 is 9.72 Å². The van der Waals surface area contributed by atoms with Crippen LogP contribution in [-0.4, -0.2) is 15.4 Å². The quantitative estimate of drug-likeness (QED) is 0.222. The van der Waals surface area contributed by atoms with Crippen molar-refractivity contribution in [3.05, 3.63) is 151 Å². The molecule has 0 amide bonds. The van der Waals surface area contributed by atoms with Crippen LogP contribution in [-0.2, 0) is 5.41 Å². The first-order valence-corrected chi connectivity index (χ1v) is 15.0. The summed E-state index contributed by atoms with van der Waals surface area (Å²) in [6, 6.07) is 31.3. The molecule has 0 saturated heterocycles. The molecule has 0 bridgehead atoms. The van der Waals surface area contributed by atoms with Gasteiger partial charge in [0.15, 0.2) is 0 Å². The van der Waals surface area contributed by atoms with Crippen LogP contribution < -0.4 is 5.32 Å². The second-order valence-corrected chi connectivity index (χ2v) is 12.2. The summed E-state index contributed by atoms with van der Waals surface area (Å²) >= 11 is 0. The van der Waals surface area contributed by atoms with Gasteiger partial charge in [0.05, 0.1) is 17.4 Å². The summed E-state index contributed by atoms with van der Waals surface area (Å²) < 4.78 is 2.30. The van der Waals surface area contributed by atoms with Crippen molar-refractivity contribution in [3.63, 3.8) is 0 Å². The molecule has 202 valence electrons. The Hall–Kier alpha value is -4.73. The van der Waals surface area contributed by atoms with Crippen molar-refractivity contribution in [1.29, 1.82) is 0 Å². The summed E-state index contributed by atoms with van der Waals surface area (Å²) in [6.07, 6.45) is 19.3. The number of aromatic nitrogens is 2. The monoisotopic (exact) mass is 541 g/mol. The van der Waals surface area contributed by atoms with Crippen LogP contribution in [0.3, 0.4) is 0 Å². The lowest BCUT2D eigenvalue weighted by atomic mass is 9.70. The van der Waals surface area contributed by atoms with Crippen molar-refractivity contribution >= 4 is 43.5 Å². The molecule has 1 N–H and O–H groups in total. The lowest BCUT2D eigenvalue weighted by Crippen LogP contribution is -2.53. The number of allylic oxidation sites excluding steroid dienone is 5. The zero-order chi connectivity index (χ0) is 27.8. The van der Waals surface area contributed by atoms with Gasteiger partial charge in [0.1, 0.15) is 5.65 Å². The third-order valence-corrected chi connectivity index (χ3v) is 9.87. The smallest absolute Gasteiger partial charge is 0.137 e. The molecule has 3 heterocycles. The highest BCUT2D eigenvalue weighted by atomic mass is 15.1. The van der Waals surface area contributed by atoms with Crippen molar-refractivity contribution in [3.8, 4) is 0 Å². The summed E-state index contributed by atoms with van der Waals surface area (Å²) in [6.45, 7) is 2.31. The van der Waals surface area contributed by atoms with Gasteiger partial charge in [-0.25, -0.2) is 4.98 Å². The molecular weight excluding hydrogens is 510 g/mol. The van der Waals surface area contributed by atoms with Crippen LogP contribution in [0, 0.1) is 5.92 Å². The van der Waals surface area contributed by atoms with E-state index in [1.807, 2.05) is 0 Å². The summed E-state index contributed by atoms with van der Waals surface area (Å²) in [7, 11) is 0. The Kier molecular flexibility index (Phi) is 5.06. The fourth-order valence-electron chi connectivity index (χ4n) is 7.68. The summed E-state index contributed by atoms with van der Waals surface area (Å²) in [5, 5.41) is 11.9. The molecule has 3 aliphatic rings. The van der Waals surface area contributed by atoms with Crippen LogP contribution in [0.25, 0.3) is 43.5 Å². The van der Waals surface area contributed by atoms with E-state index in [1.54, 1.807) is 0 Å². The zero-order valence-electron chi connectivity index (χ0n) is 23.5. The molecule has 2 aromatic heterocycles. The van der Waals surface area contributed by atoms with E-state index in [0.717, 1.165) is 12.1 Å². The summed E-state index contributed by atoms with van der Waals surface area (Å²) in [5.74, 6) is 0.335. The third kappa shape index (κ3) is 3.35. The third-order valence-electron chi connectivity index (χ3n) is 9.87. The Bertz CT molecular complexity index is 2160. The molecule has 9 rings (SSSR count). The molecule has 4 atom stereocenters. The highest BCUT2D eigenvalue weighted by molar-refractivity contribution is 6.25. The Morgan fingerprint density at radius 3 is 2.24 bits per heavy atom. The van der Waals surface area contributed by atoms with E-state index < -0.39 is 0 Å². The maximum Gasteiger partial charge on any atom is 0.137 e. The largest absolute Gasteiger partial charge is 0.302 e. The SMILES string of the molecule is C[C@@]12C=CC=CC1NC(C1C=CC(c3ccc4c5ccccc5c5ccccc5c4c3)=CC1)c1c2nc2ccccn12. The fraction of sp³-hybridized carbons (Fsp3) is 0.154. The first-order valence-electron chi connectivity index (χ1n) is 15.0. The molecule has 2 aliphatic carbocycles. The number of imidazole rings is 1. The van der Waals surface area contributed by atoms with Gasteiger partial charge in [0.25, 0.3) is 0 Å². The number of benzene rings is 4. The van der Waals surface area contributed by atoms with Crippen molar-refractivity contribution in [1.82, 2.24) is 14.7 Å². The van der Waals surface area contributed by atoms with Crippen LogP contribution in [0.1, 0.15) is 36.3 Å². The molecule has 3 heteroatoms. The van der Waals surface area contributed by atoms with Crippen molar-refractivity contribution in [2.75, 3.05) is 0 Å². The molecule has 4 aromatic carbocycles. The minimum atomic E-state index is -0.163.